The summed E-state index contributed by atoms with van der Waals surface area (Å²) in [6.07, 6.45) is 1.64. The zero-order valence-electron chi connectivity index (χ0n) is 19.3. The summed E-state index contributed by atoms with van der Waals surface area (Å²) in [4.78, 5) is 20.0. The molecule has 0 radical (unpaired) electrons. The van der Waals surface area contributed by atoms with Gasteiger partial charge in [0.25, 0.3) is 5.91 Å². The Balaban J connectivity index is 1.51. The quantitative estimate of drug-likeness (QED) is 0.365. The third-order valence-corrected chi connectivity index (χ3v) is 7.64. The van der Waals surface area contributed by atoms with Crippen LogP contribution in [0, 0.1) is 6.92 Å². The number of hydrogen-bond donors (Lipinski definition) is 2. The van der Waals surface area contributed by atoms with Crippen LogP contribution in [0.2, 0.25) is 0 Å². The molecule has 4 rings (SSSR count). The highest BCUT2D eigenvalue weighted by molar-refractivity contribution is 7.89. The molecule has 34 heavy (non-hydrogen) atoms. The van der Waals surface area contributed by atoms with Gasteiger partial charge in [-0.15, -0.1) is 11.3 Å². The Morgan fingerprint density at radius 1 is 1.15 bits per heavy atom. The standard InChI is InChI=1S/C24H27N5O3S2/c1-16(2)29-23-20(15-26-29)19(13-21(28-23)22-10-9-17(3)33-22)24(30)25-11-12-34(31,32)27-14-18-7-5-4-6-8-18/h4-10,13,15-16,27H,11-12,14H2,1-3H3,(H,25,30). The number of amides is 1. The summed E-state index contributed by atoms with van der Waals surface area (Å²) >= 11 is 1.60. The predicted octanol–water partition coefficient (Wildman–Crippen LogP) is 3.90. The van der Waals surface area contributed by atoms with Gasteiger partial charge in [0.15, 0.2) is 5.65 Å². The molecule has 0 fully saturated rings. The van der Waals surface area contributed by atoms with Crippen molar-refractivity contribution in [1.82, 2.24) is 24.8 Å². The van der Waals surface area contributed by atoms with E-state index in [1.165, 1.54) is 0 Å². The van der Waals surface area contributed by atoms with Gasteiger partial charge in [-0.05, 0) is 44.5 Å². The van der Waals surface area contributed by atoms with E-state index in [2.05, 4.69) is 15.1 Å². The van der Waals surface area contributed by atoms with Crippen LogP contribution in [0.1, 0.15) is 40.7 Å². The lowest BCUT2D eigenvalue weighted by molar-refractivity contribution is 0.0957. The molecule has 3 heterocycles. The molecule has 1 aromatic carbocycles. The van der Waals surface area contributed by atoms with Gasteiger partial charge in [-0.2, -0.15) is 5.10 Å². The van der Waals surface area contributed by atoms with E-state index in [4.69, 9.17) is 4.98 Å². The van der Waals surface area contributed by atoms with Gasteiger partial charge in [-0.3, -0.25) is 4.79 Å². The Hall–Kier alpha value is -3.08. The van der Waals surface area contributed by atoms with E-state index in [1.54, 1.807) is 28.3 Å². The number of pyridine rings is 1. The van der Waals surface area contributed by atoms with Crippen molar-refractivity contribution in [3.8, 4) is 10.6 Å². The molecule has 8 nitrogen and oxygen atoms in total. The number of thiophene rings is 1. The number of carbonyl (C=O) groups excluding carboxylic acids is 1. The Kier molecular flexibility index (Phi) is 7.11. The molecule has 0 aliphatic rings. The first-order valence-corrected chi connectivity index (χ1v) is 13.4. The first kappa shape index (κ1) is 24.1. The molecule has 1 amide bonds. The van der Waals surface area contributed by atoms with Crippen LogP contribution in [0.5, 0.6) is 0 Å². The topological polar surface area (TPSA) is 106 Å². The van der Waals surface area contributed by atoms with Crippen molar-refractivity contribution in [3.05, 3.63) is 70.7 Å². The van der Waals surface area contributed by atoms with Gasteiger partial charge < -0.3 is 5.32 Å². The van der Waals surface area contributed by atoms with Crippen LogP contribution >= 0.6 is 11.3 Å². The molecule has 3 aromatic heterocycles. The average molecular weight is 498 g/mol. The van der Waals surface area contributed by atoms with Crippen LogP contribution in [-0.4, -0.2) is 41.4 Å². The minimum Gasteiger partial charge on any atom is -0.351 e. The average Bonchev–Trinajstić information content (AvgIpc) is 3.44. The van der Waals surface area contributed by atoms with Gasteiger partial charge in [-0.25, -0.2) is 22.8 Å². The fraction of sp³-hybridized carbons (Fsp3) is 0.292. The Morgan fingerprint density at radius 3 is 2.59 bits per heavy atom. The smallest absolute Gasteiger partial charge is 0.252 e. The lowest BCUT2D eigenvalue weighted by Crippen LogP contribution is -2.34. The van der Waals surface area contributed by atoms with Gasteiger partial charge in [0.05, 0.1) is 33.5 Å². The monoisotopic (exact) mass is 497 g/mol. The molecule has 0 saturated carbocycles. The maximum Gasteiger partial charge on any atom is 0.252 e. The number of nitrogens with zero attached hydrogens (tertiary/aromatic N) is 3. The van der Waals surface area contributed by atoms with Crippen LogP contribution in [-0.2, 0) is 16.6 Å². The van der Waals surface area contributed by atoms with E-state index in [0.29, 0.717) is 22.3 Å². The van der Waals surface area contributed by atoms with Crippen molar-refractivity contribution in [2.24, 2.45) is 0 Å². The Labute approximate surface area is 203 Å². The number of sulfonamides is 1. The minimum absolute atomic E-state index is 0.0153. The molecule has 0 unspecified atom stereocenters. The van der Waals surface area contributed by atoms with E-state index in [0.717, 1.165) is 15.3 Å². The van der Waals surface area contributed by atoms with Crippen molar-refractivity contribution in [3.63, 3.8) is 0 Å². The number of aromatic nitrogens is 3. The SMILES string of the molecule is Cc1ccc(-c2cc(C(=O)NCCS(=O)(=O)NCc3ccccc3)c3cnn(C(C)C)c3n2)s1. The van der Waals surface area contributed by atoms with Crippen LogP contribution < -0.4 is 10.0 Å². The molecule has 4 aromatic rings. The lowest BCUT2D eigenvalue weighted by atomic mass is 10.1. The highest BCUT2D eigenvalue weighted by Crippen LogP contribution is 2.30. The third kappa shape index (κ3) is 5.52. The highest BCUT2D eigenvalue weighted by Gasteiger charge is 2.20. The number of fused-ring (bicyclic) bond motifs is 1. The maximum atomic E-state index is 13.1. The molecule has 0 aliphatic carbocycles. The van der Waals surface area contributed by atoms with Crippen LogP contribution in [0.25, 0.3) is 21.6 Å². The highest BCUT2D eigenvalue weighted by atomic mass is 32.2. The van der Waals surface area contributed by atoms with E-state index in [-0.39, 0.29) is 30.8 Å². The fourth-order valence-electron chi connectivity index (χ4n) is 3.54. The lowest BCUT2D eigenvalue weighted by Gasteiger charge is -2.11. The normalized spacial score (nSPS) is 11.9. The molecule has 0 saturated heterocycles. The number of rotatable bonds is 9. The largest absolute Gasteiger partial charge is 0.351 e. The second-order valence-corrected chi connectivity index (χ2v) is 11.5. The van der Waals surface area contributed by atoms with E-state index in [9.17, 15) is 13.2 Å². The van der Waals surface area contributed by atoms with Crippen molar-refractivity contribution < 1.29 is 13.2 Å². The Bertz CT molecular complexity index is 1410. The van der Waals surface area contributed by atoms with Crippen molar-refractivity contribution in [2.75, 3.05) is 12.3 Å². The summed E-state index contributed by atoms with van der Waals surface area (Å²) < 4.78 is 29.1. The van der Waals surface area contributed by atoms with Crippen molar-refractivity contribution in [2.45, 2.75) is 33.4 Å². The van der Waals surface area contributed by atoms with Crippen LogP contribution in [0.15, 0.2) is 54.7 Å². The summed E-state index contributed by atoms with van der Waals surface area (Å²) in [6, 6.07) is 15.1. The second kappa shape index (κ2) is 10.0. The maximum absolute atomic E-state index is 13.1. The van der Waals surface area contributed by atoms with Crippen LogP contribution in [0.3, 0.4) is 0 Å². The summed E-state index contributed by atoms with van der Waals surface area (Å²) in [5, 5.41) is 7.80. The fourth-order valence-corrected chi connectivity index (χ4v) is 5.27. The number of nitrogens with one attached hydrogen (secondary N) is 2. The molecule has 178 valence electrons. The zero-order valence-corrected chi connectivity index (χ0v) is 20.9. The number of aryl methyl sites for hydroxylation is 1. The van der Waals surface area contributed by atoms with Gasteiger partial charge in [0.1, 0.15) is 0 Å². The van der Waals surface area contributed by atoms with Gasteiger partial charge in [0, 0.05) is 24.0 Å². The molecular formula is C24H27N5O3S2. The molecular weight excluding hydrogens is 470 g/mol. The van der Waals surface area contributed by atoms with Gasteiger partial charge in [-0.1, -0.05) is 30.3 Å². The number of carbonyl (C=O) groups is 1. The summed E-state index contributed by atoms with van der Waals surface area (Å²) in [7, 11) is -3.55. The van der Waals surface area contributed by atoms with E-state index in [1.807, 2.05) is 63.2 Å². The summed E-state index contributed by atoms with van der Waals surface area (Å²) in [6.45, 7) is 6.22. The van der Waals surface area contributed by atoms with Crippen LogP contribution in [0.4, 0.5) is 0 Å². The Morgan fingerprint density at radius 2 is 1.91 bits per heavy atom. The van der Waals surface area contributed by atoms with Gasteiger partial charge in [0.2, 0.25) is 10.0 Å². The first-order valence-electron chi connectivity index (χ1n) is 11.0. The molecule has 0 atom stereocenters. The molecule has 10 heteroatoms. The number of hydrogen-bond acceptors (Lipinski definition) is 6. The predicted molar refractivity (Wildman–Crippen MR) is 135 cm³/mol. The third-order valence-electron chi connectivity index (χ3n) is 5.29. The summed E-state index contributed by atoms with van der Waals surface area (Å²) in [5.74, 6) is -0.578. The first-order chi connectivity index (χ1) is 16.2. The molecule has 0 bridgehead atoms. The number of benzene rings is 1. The van der Waals surface area contributed by atoms with Crippen molar-refractivity contribution >= 4 is 38.3 Å². The minimum atomic E-state index is -3.55. The van der Waals surface area contributed by atoms with Crippen molar-refractivity contribution in [1.29, 1.82) is 0 Å². The second-order valence-electron chi connectivity index (χ2n) is 8.27. The molecule has 0 aliphatic heterocycles. The van der Waals surface area contributed by atoms with E-state index >= 15 is 0 Å². The van der Waals surface area contributed by atoms with E-state index < -0.39 is 10.0 Å². The molecule has 0 spiro atoms. The molecule has 2 N–H and O–H groups in total. The zero-order chi connectivity index (χ0) is 24.3. The summed E-state index contributed by atoms with van der Waals surface area (Å²) in [5.41, 5.74) is 2.61. The van der Waals surface area contributed by atoms with Gasteiger partial charge >= 0.3 is 0 Å².